The fourth-order valence-corrected chi connectivity index (χ4v) is 3.95. The van der Waals surface area contributed by atoms with E-state index in [-0.39, 0.29) is 12.4 Å². The summed E-state index contributed by atoms with van der Waals surface area (Å²) in [5.41, 5.74) is 0.377. The second kappa shape index (κ2) is 8.70. The van der Waals surface area contributed by atoms with Gasteiger partial charge in [0.05, 0.1) is 11.4 Å². The summed E-state index contributed by atoms with van der Waals surface area (Å²) in [6.07, 6.45) is 8.84. The zero-order valence-electron chi connectivity index (χ0n) is 13.8. The second-order valence-corrected chi connectivity index (χ2v) is 6.73. The predicted octanol–water partition coefficient (Wildman–Crippen LogP) is 4.05. The average Bonchev–Trinajstić information content (AvgIpc) is 2.62. The molecule has 3 nitrogen and oxygen atoms in total. The Balaban J connectivity index is 0.00000192. The summed E-state index contributed by atoms with van der Waals surface area (Å²) in [6.45, 7) is 1.95. The number of amidine groups is 1. The van der Waals surface area contributed by atoms with Gasteiger partial charge in [-0.3, -0.25) is 4.99 Å². The molecule has 0 spiro atoms. The molecule has 128 valence electrons. The lowest BCUT2D eigenvalue weighted by molar-refractivity contribution is -0.0447. The summed E-state index contributed by atoms with van der Waals surface area (Å²) in [4.78, 5) is 4.57. The van der Waals surface area contributed by atoms with E-state index in [1.54, 1.807) is 0 Å². The molecule has 1 aliphatic heterocycles. The minimum atomic E-state index is -0.705. The van der Waals surface area contributed by atoms with E-state index in [0.717, 1.165) is 56.6 Å². The summed E-state index contributed by atoms with van der Waals surface area (Å²) in [5, 5.41) is 14.9. The standard InChI is InChI=1S/C19H28N2O.ClH/c22-19(16-8-3-1-4-9-16,17-10-5-2-6-11-17)13-12-18-20-14-7-15-21-18;/h1,3-4,8-9,17,22H,2,5-7,10-15H2,(H,20,21);1H. The Morgan fingerprint density at radius 2 is 1.83 bits per heavy atom. The van der Waals surface area contributed by atoms with Crippen molar-refractivity contribution in [1.82, 2.24) is 5.32 Å². The number of nitrogens with zero attached hydrogens (tertiary/aromatic N) is 1. The van der Waals surface area contributed by atoms with Crippen molar-refractivity contribution in [2.24, 2.45) is 10.9 Å². The molecule has 23 heavy (non-hydrogen) atoms. The molecule has 1 aromatic rings. The van der Waals surface area contributed by atoms with Crippen LogP contribution in [0.1, 0.15) is 56.9 Å². The van der Waals surface area contributed by atoms with Gasteiger partial charge < -0.3 is 10.4 Å². The van der Waals surface area contributed by atoms with Gasteiger partial charge in [-0.25, -0.2) is 0 Å². The first-order valence-electron chi connectivity index (χ1n) is 8.84. The fraction of sp³-hybridized carbons (Fsp3) is 0.632. The number of rotatable bonds is 5. The van der Waals surface area contributed by atoms with E-state index in [0.29, 0.717) is 5.92 Å². The number of aliphatic hydroxyl groups is 1. The van der Waals surface area contributed by atoms with Crippen molar-refractivity contribution in [3.8, 4) is 0 Å². The van der Waals surface area contributed by atoms with Crippen LogP contribution in [0.4, 0.5) is 0 Å². The zero-order valence-corrected chi connectivity index (χ0v) is 14.7. The highest BCUT2D eigenvalue weighted by Crippen LogP contribution is 2.42. The van der Waals surface area contributed by atoms with Gasteiger partial charge in [0.25, 0.3) is 0 Å². The van der Waals surface area contributed by atoms with Crippen LogP contribution in [0.3, 0.4) is 0 Å². The SMILES string of the molecule is Cl.OC(CCC1=NCCCN1)(c1ccccc1)C1CCCCC1. The van der Waals surface area contributed by atoms with Crippen LogP contribution in [-0.2, 0) is 5.60 Å². The van der Waals surface area contributed by atoms with Crippen molar-refractivity contribution < 1.29 is 5.11 Å². The van der Waals surface area contributed by atoms with Gasteiger partial charge in [0, 0.05) is 19.5 Å². The molecule has 1 fully saturated rings. The Hall–Kier alpha value is -1.06. The van der Waals surface area contributed by atoms with Crippen molar-refractivity contribution in [3.63, 3.8) is 0 Å². The molecule has 1 atom stereocenters. The molecule has 0 radical (unpaired) electrons. The van der Waals surface area contributed by atoms with E-state index < -0.39 is 5.60 Å². The van der Waals surface area contributed by atoms with Crippen LogP contribution in [-0.4, -0.2) is 24.0 Å². The molecule has 1 aliphatic carbocycles. The van der Waals surface area contributed by atoms with Gasteiger partial charge >= 0.3 is 0 Å². The Bertz CT molecular complexity index is 499. The fourth-order valence-electron chi connectivity index (χ4n) is 3.95. The first-order valence-corrected chi connectivity index (χ1v) is 8.84. The summed E-state index contributed by atoms with van der Waals surface area (Å²) in [6, 6.07) is 10.3. The topological polar surface area (TPSA) is 44.6 Å². The quantitative estimate of drug-likeness (QED) is 0.852. The molecule has 4 heteroatoms. The third-order valence-corrected chi connectivity index (χ3v) is 5.26. The normalized spacial score (nSPS) is 21.5. The van der Waals surface area contributed by atoms with Crippen LogP contribution in [0, 0.1) is 5.92 Å². The summed E-state index contributed by atoms with van der Waals surface area (Å²) in [5.74, 6) is 1.46. The van der Waals surface area contributed by atoms with Crippen LogP contribution in [0.15, 0.2) is 35.3 Å². The van der Waals surface area contributed by atoms with Crippen molar-refractivity contribution in [3.05, 3.63) is 35.9 Å². The van der Waals surface area contributed by atoms with Gasteiger partial charge in [0.1, 0.15) is 0 Å². The number of hydrogen-bond donors (Lipinski definition) is 2. The third-order valence-electron chi connectivity index (χ3n) is 5.26. The highest BCUT2D eigenvalue weighted by atomic mass is 35.5. The molecular weight excluding hydrogens is 308 g/mol. The first-order chi connectivity index (χ1) is 10.8. The van der Waals surface area contributed by atoms with Crippen LogP contribution >= 0.6 is 12.4 Å². The average molecular weight is 337 g/mol. The van der Waals surface area contributed by atoms with Crippen molar-refractivity contribution in [2.45, 2.75) is 57.0 Å². The highest BCUT2D eigenvalue weighted by molar-refractivity contribution is 5.85. The van der Waals surface area contributed by atoms with E-state index in [2.05, 4.69) is 22.4 Å². The Morgan fingerprint density at radius 3 is 2.48 bits per heavy atom. The molecule has 2 N–H and O–H groups in total. The number of nitrogens with one attached hydrogen (secondary N) is 1. The molecule has 1 saturated carbocycles. The highest BCUT2D eigenvalue weighted by Gasteiger charge is 2.38. The van der Waals surface area contributed by atoms with Crippen LogP contribution < -0.4 is 5.32 Å². The van der Waals surface area contributed by atoms with Gasteiger partial charge in [0.2, 0.25) is 0 Å². The lowest BCUT2D eigenvalue weighted by Gasteiger charge is -2.39. The Labute approximate surface area is 146 Å². The minimum absolute atomic E-state index is 0. The smallest absolute Gasteiger partial charge is 0.0964 e. The molecule has 0 bridgehead atoms. The molecule has 3 rings (SSSR count). The lowest BCUT2D eigenvalue weighted by atomic mass is 9.71. The van der Waals surface area contributed by atoms with Crippen molar-refractivity contribution in [2.75, 3.05) is 13.1 Å². The maximum atomic E-state index is 11.6. The molecule has 1 unspecified atom stereocenters. The second-order valence-electron chi connectivity index (χ2n) is 6.73. The van der Waals surface area contributed by atoms with Crippen molar-refractivity contribution >= 4 is 18.2 Å². The van der Waals surface area contributed by atoms with Gasteiger partial charge in [-0.1, -0.05) is 49.6 Å². The van der Waals surface area contributed by atoms with E-state index >= 15 is 0 Å². The summed E-state index contributed by atoms with van der Waals surface area (Å²) >= 11 is 0. The zero-order chi connectivity index (χ0) is 15.3. The van der Waals surface area contributed by atoms with Gasteiger partial charge in [-0.05, 0) is 37.2 Å². The van der Waals surface area contributed by atoms with E-state index in [1.165, 1.54) is 19.3 Å². The van der Waals surface area contributed by atoms with Gasteiger partial charge in [-0.15, -0.1) is 12.4 Å². The van der Waals surface area contributed by atoms with Crippen LogP contribution in [0.2, 0.25) is 0 Å². The van der Waals surface area contributed by atoms with Gasteiger partial charge in [0.15, 0.2) is 0 Å². The summed E-state index contributed by atoms with van der Waals surface area (Å²) < 4.78 is 0. The minimum Gasteiger partial charge on any atom is -0.385 e. The molecule has 1 aromatic carbocycles. The Kier molecular flexibility index (Phi) is 6.91. The predicted molar refractivity (Wildman–Crippen MR) is 98.3 cm³/mol. The van der Waals surface area contributed by atoms with Gasteiger partial charge in [-0.2, -0.15) is 0 Å². The summed E-state index contributed by atoms with van der Waals surface area (Å²) in [7, 11) is 0. The number of hydrogen-bond acceptors (Lipinski definition) is 3. The maximum absolute atomic E-state index is 11.6. The number of aliphatic imine (C=N–C) groups is 1. The molecule has 0 amide bonds. The number of halogens is 1. The van der Waals surface area contributed by atoms with Crippen LogP contribution in [0.25, 0.3) is 0 Å². The monoisotopic (exact) mass is 336 g/mol. The molecule has 1 heterocycles. The molecule has 0 saturated heterocycles. The molecular formula is C19H29ClN2O. The van der Waals surface area contributed by atoms with E-state index in [4.69, 9.17) is 0 Å². The first kappa shape index (κ1) is 18.3. The lowest BCUT2D eigenvalue weighted by Crippen LogP contribution is -2.39. The molecule has 2 aliphatic rings. The third kappa shape index (κ3) is 4.48. The Morgan fingerprint density at radius 1 is 1.09 bits per heavy atom. The number of benzene rings is 1. The van der Waals surface area contributed by atoms with E-state index in [1.807, 2.05) is 18.2 Å². The molecule has 0 aromatic heterocycles. The maximum Gasteiger partial charge on any atom is 0.0964 e. The largest absolute Gasteiger partial charge is 0.385 e. The van der Waals surface area contributed by atoms with Crippen molar-refractivity contribution in [1.29, 1.82) is 0 Å². The van der Waals surface area contributed by atoms with E-state index in [9.17, 15) is 5.11 Å². The van der Waals surface area contributed by atoms with Crippen LogP contribution in [0.5, 0.6) is 0 Å².